The van der Waals surface area contributed by atoms with Crippen molar-refractivity contribution in [1.82, 2.24) is 9.88 Å². The number of fused-ring (bicyclic) bond motifs is 1. The zero-order chi connectivity index (χ0) is 19.0. The van der Waals surface area contributed by atoms with Crippen LogP contribution in [0.1, 0.15) is 10.4 Å². The van der Waals surface area contributed by atoms with Crippen LogP contribution in [0.15, 0.2) is 36.4 Å². The number of carbonyl (C=O) groups is 1. The van der Waals surface area contributed by atoms with Gasteiger partial charge in [-0.25, -0.2) is 4.98 Å². The molecule has 1 saturated heterocycles. The number of nitrogens with zero attached hydrogens (tertiary/aromatic N) is 3. The minimum Gasteiger partial charge on any atom is -0.494 e. The Balaban J connectivity index is 1.51. The summed E-state index contributed by atoms with van der Waals surface area (Å²) < 4.78 is 7.32. The summed E-state index contributed by atoms with van der Waals surface area (Å²) in [6.45, 7) is 2.83. The largest absolute Gasteiger partial charge is 0.494 e. The number of anilines is 1. The molecule has 0 N–H and O–H groups in total. The summed E-state index contributed by atoms with van der Waals surface area (Å²) in [7, 11) is 1.64. The molecule has 5 nitrogen and oxygen atoms in total. The van der Waals surface area contributed by atoms with Crippen LogP contribution in [0.5, 0.6) is 5.75 Å². The number of thiazole rings is 1. The molecule has 2 aromatic carbocycles. The number of benzene rings is 2. The third-order valence-electron chi connectivity index (χ3n) is 4.61. The molecule has 0 bridgehead atoms. The minimum atomic E-state index is 0.0914. The third kappa shape index (κ3) is 3.60. The van der Waals surface area contributed by atoms with E-state index < -0.39 is 0 Å². The fraction of sp³-hybridized carbons (Fsp3) is 0.263. The summed E-state index contributed by atoms with van der Waals surface area (Å²) in [5.74, 6) is 0.818. The highest BCUT2D eigenvalue weighted by molar-refractivity contribution is 14.1. The van der Waals surface area contributed by atoms with Crippen LogP contribution >= 0.6 is 45.5 Å². The van der Waals surface area contributed by atoms with Crippen LogP contribution in [0.25, 0.3) is 10.2 Å². The fourth-order valence-electron chi connectivity index (χ4n) is 3.15. The number of ether oxygens (including phenoxy) is 1. The van der Waals surface area contributed by atoms with E-state index in [4.69, 9.17) is 21.3 Å². The molecule has 0 atom stereocenters. The molecule has 1 fully saturated rings. The van der Waals surface area contributed by atoms with Crippen LogP contribution in [0.2, 0.25) is 5.02 Å². The number of piperazine rings is 1. The highest BCUT2D eigenvalue weighted by Crippen LogP contribution is 2.38. The molecule has 140 valence electrons. The molecular formula is C19H17ClIN3O2S. The van der Waals surface area contributed by atoms with Crippen LogP contribution in [-0.2, 0) is 0 Å². The minimum absolute atomic E-state index is 0.0914. The van der Waals surface area contributed by atoms with Gasteiger partial charge in [0.05, 0.1) is 22.4 Å². The second kappa shape index (κ2) is 7.81. The van der Waals surface area contributed by atoms with E-state index in [-0.39, 0.29) is 5.91 Å². The predicted molar refractivity (Wildman–Crippen MR) is 118 cm³/mol. The van der Waals surface area contributed by atoms with E-state index in [0.717, 1.165) is 43.3 Å². The Bertz CT molecular complexity index is 1000. The van der Waals surface area contributed by atoms with Crippen molar-refractivity contribution in [3.8, 4) is 5.75 Å². The van der Waals surface area contributed by atoms with Crippen LogP contribution < -0.4 is 9.64 Å². The van der Waals surface area contributed by atoms with Crippen molar-refractivity contribution in [3.05, 3.63) is 50.6 Å². The lowest BCUT2D eigenvalue weighted by Gasteiger charge is -2.34. The number of halogens is 2. The van der Waals surface area contributed by atoms with Gasteiger partial charge in [-0.15, -0.1) is 0 Å². The number of hydrogen-bond donors (Lipinski definition) is 0. The van der Waals surface area contributed by atoms with Gasteiger partial charge in [0, 0.05) is 29.7 Å². The molecule has 0 radical (unpaired) electrons. The number of rotatable bonds is 3. The van der Waals surface area contributed by atoms with E-state index in [1.54, 1.807) is 18.4 Å². The third-order valence-corrected chi connectivity index (χ3v) is 7.13. The predicted octanol–water partition coefficient (Wildman–Crippen LogP) is 4.53. The fourth-order valence-corrected chi connectivity index (χ4v) is 5.07. The standard InChI is InChI=1S/C19H17ClIN3O2S/c1-26-15-7-6-13(20)17-16(15)22-19(27-17)24-10-8-23(9-11-24)18(25)12-4-2-3-5-14(12)21/h2-7H,8-11H2,1H3. The Hall–Kier alpha value is -1.58. The van der Waals surface area contributed by atoms with Gasteiger partial charge in [-0.1, -0.05) is 35.1 Å². The molecule has 0 unspecified atom stereocenters. The second-order valence-corrected chi connectivity index (χ2v) is 8.73. The molecule has 4 rings (SSSR count). The van der Waals surface area contributed by atoms with Crippen LogP contribution in [0.4, 0.5) is 5.13 Å². The molecule has 0 spiro atoms. The molecule has 1 aromatic heterocycles. The first-order valence-corrected chi connectivity index (χ1v) is 10.8. The number of amides is 1. The number of methoxy groups -OCH3 is 1. The second-order valence-electron chi connectivity index (χ2n) is 6.18. The van der Waals surface area contributed by atoms with Crippen molar-refractivity contribution >= 4 is 66.8 Å². The SMILES string of the molecule is COc1ccc(Cl)c2sc(N3CCN(C(=O)c4ccccc4I)CC3)nc12. The van der Waals surface area contributed by atoms with Gasteiger partial charge in [-0.2, -0.15) is 0 Å². The molecule has 2 heterocycles. The molecule has 1 amide bonds. The molecule has 0 aliphatic carbocycles. The van der Waals surface area contributed by atoms with Gasteiger partial charge in [-0.05, 0) is 46.9 Å². The van der Waals surface area contributed by atoms with Gasteiger partial charge in [0.2, 0.25) is 0 Å². The van der Waals surface area contributed by atoms with Gasteiger partial charge in [0.15, 0.2) is 5.13 Å². The summed E-state index contributed by atoms with van der Waals surface area (Å²) in [5, 5.41) is 1.60. The Morgan fingerprint density at radius 3 is 2.63 bits per heavy atom. The number of carbonyl (C=O) groups excluding carboxylic acids is 1. The zero-order valence-electron chi connectivity index (χ0n) is 14.6. The zero-order valence-corrected chi connectivity index (χ0v) is 18.3. The first-order valence-electron chi connectivity index (χ1n) is 8.50. The molecule has 8 heteroatoms. The molecule has 3 aromatic rings. The summed E-state index contributed by atoms with van der Waals surface area (Å²) >= 11 is 10.1. The highest BCUT2D eigenvalue weighted by Gasteiger charge is 2.25. The van der Waals surface area contributed by atoms with Gasteiger partial charge < -0.3 is 14.5 Å². The Morgan fingerprint density at radius 1 is 1.19 bits per heavy atom. The molecule has 1 aliphatic rings. The van der Waals surface area contributed by atoms with Gasteiger partial charge in [0.25, 0.3) is 5.91 Å². The monoisotopic (exact) mass is 513 g/mol. The van der Waals surface area contributed by atoms with Crippen LogP contribution in [0, 0.1) is 3.57 Å². The highest BCUT2D eigenvalue weighted by atomic mass is 127. The van der Waals surface area contributed by atoms with Crippen molar-refractivity contribution in [1.29, 1.82) is 0 Å². The van der Waals surface area contributed by atoms with Crippen molar-refractivity contribution in [2.45, 2.75) is 0 Å². The Kier molecular flexibility index (Phi) is 5.43. The van der Waals surface area contributed by atoms with Gasteiger partial charge in [0.1, 0.15) is 11.3 Å². The Labute approximate surface area is 180 Å². The van der Waals surface area contributed by atoms with E-state index in [0.29, 0.717) is 18.1 Å². The summed E-state index contributed by atoms with van der Waals surface area (Å²) in [4.78, 5) is 21.6. The van der Waals surface area contributed by atoms with Crippen molar-refractivity contribution in [2.24, 2.45) is 0 Å². The maximum atomic E-state index is 12.8. The van der Waals surface area contributed by atoms with Gasteiger partial charge in [-0.3, -0.25) is 4.79 Å². The topological polar surface area (TPSA) is 45.7 Å². The average molecular weight is 514 g/mol. The lowest BCUT2D eigenvalue weighted by Crippen LogP contribution is -2.48. The van der Waals surface area contributed by atoms with Crippen LogP contribution in [-0.4, -0.2) is 49.1 Å². The molecule has 1 aliphatic heterocycles. The average Bonchev–Trinajstić information content (AvgIpc) is 3.15. The first-order chi connectivity index (χ1) is 13.1. The summed E-state index contributed by atoms with van der Waals surface area (Å²) in [6, 6.07) is 11.4. The van der Waals surface area contributed by atoms with E-state index in [2.05, 4.69) is 27.5 Å². The molecule has 27 heavy (non-hydrogen) atoms. The van der Waals surface area contributed by atoms with Crippen molar-refractivity contribution < 1.29 is 9.53 Å². The summed E-state index contributed by atoms with van der Waals surface area (Å²) in [5.41, 5.74) is 1.56. The first kappa shape index (κ1) is 18.8. The lowest BCUT2D eigenvalue weighted by atomic mass is 10.2. The van der Waals surface area contributed by atoms with E-state index in [9.17, 15) is 4.79 Å². The molecular weight excluding hydrogens is 497 g/mol. The van der Waals surface area contributed by atoms with E-state index in [1.807, 2.05) is 41.3 Å². The van der Waals surface area contributed by atoms with E-state index >= 15 is 0 Å². The number of aromatic nitrogens is 1. The van der Waals surface area contributed by atoms with Crippen molar-refractivity contribution in [3.63, 3.8) is 0 Å². The number of hydrogen-bond acceptors (Lipinski definition) is 5. The van der Waals surface area contributed by atoms with Crippen LogP contribution in [0.3, 0.4) is 0 Å². The lowest BCUT2D eigenvalue weighted by molar-refractivity contribution is 0.0745. The normalized spacial score (nSPS) is 14.6. The maximum absolute atomic E-state index is 12.8. The smallest absolute Gasteiger partial charge is 0.255 e. The van der Waals surface area contributed by atoms with E-state index in [1.165, 1.54) is 0 Å². The molecule has 0 saturated carbocycles. The van der Waals surface area contributed by atoms with Gasteiger partial charge >= 0.3 is 0 Å². The maximum Gasteiger partial charge on any atom is 0.255 e. The van der Waals surface area contributed by atoms with Crippen molar-refractivity contribution in [2.75, 3.05) is 38.2 Å². The Morgan fingerprint density at radius 2 is 1.93 bits per heavy atom. The summed E-state index contributed by atoms with van der Waals surface area (Å²) in [6.07, 6.45) is 0. The quantitative estimate of drug-likeness (QED) is 0.483.